The lowest BCUT2D eigenvalue weighted by Gasteiger charge is -2.17. The van der Waals surface area contributed by atoms with Gasteiger partial charge in [-0.05, 0) is 31.7 Å². The Bertz CT molecular complexity index is 179. The van der Waals surface area contributed by atoms with Crippen molar-refractivity contribution in [1.82, 2.24) is 5.32 Å². The molecule has 1 N–H and O–H groups in total. The molecule has 2 atom stereocenters. The average molecular weight is 137 g/mol. The van der Waals surface area contributed by atoms with E-state index in [1.807, 2.05) is 5.94 Å². The Kier molecular flexibility index (Phi) is 1.37. The van der Waals surface area contributed by atoms with Gasteiger partial charge in [0.2, 0.25) is 0 Å². The molecule has 0 radical (unpaired) electrons. The van der Waals surface area contributed by atoms with Crippen LogP contribution in [0.25, 0.3) is 0 Å². The van der Waals surface area contributed by atoms with E-state index in [0.717, 1.165) is 30.9 Å². The van der Waals surface area contributed by atoms with Gasteiger partial charge in [0.05, 0.1) is 0 Å². The first kappa shape index (κ1) is 6.14. The first-order valence-corrected chi connectivity index (χ1v) is 3.84. The van der Waals surface area contributed by atoms with E-state index in [0.29, 0.717) is 6.04 Å². The van der Waals surface area contributed by atoms with Crippen molar-refractivity contribution in [2.75, 3.05) is 6.54 Å². The van der Waals surface area contributed by atoms with E-state index < -0.39 is 0 Å². The van der Waals surface area contributed by atoms with Gasteiger partial charge in [-0.2, -0.15) is 0 Å². The quantitative estimate of drug-likeness (QED) is 0.493. The Balaban J connectivity index is 2.16. The summed E-state index contributed by atoms with van der Waals surface area (Å²) in [7, 11) is 0. The minimum atomic E-state index is 0.593. The number of rotatable bonds is 0. The lowest BCUT2D eigenvalue weighted by Crippen LogP contribution is -2.21. The van der Waals surface area contributed by atoms with Gasteiger partial charge in [0.1, 0.15) is 5.94 Å². The van der Waals surface area contributed by atoms with Crippen LogP contribution < -0.4 is 5.32 Å². The molecule has 0 aromatic carbocycles. The second-order valence-electron chi connectivity index (χ2n) is 3.32. The Morgan fingerprint density at radius 1 is 1.50 bits per heavy atom. The van der Waals surface area contributed by atoms with E-state index in [9.17, 15) is 4.79 Å². The molecule has 2 rings (SSSR count). The summed E-state index contributed by atoms with van der Waals surface area (Å²) in [4.78, 5) is 10.3. The Labute approximate surface area is 60.3 Å². The molecule has 2 unspecified atom stereocenters. The summed E-state index contributed by atoms with van der Waals surface area (Å²) in [6, 6.07) is 0.593. The van der Waals surface area contributed by atoms with Gasteiger partial charge < -0.3 is 5.32 Å². The van der Waals surface area contributed by atoms with E-state index in [2.05, 4.69) is 5.32 Å². The smallest absolute Gasteiger partial charge is 0.123 e. The van der Waals surface area contributed by atoms with Crippen LogP contribution in [0.2, 0.25) is 0 Å². The van der Waals surface area contributed by atoms with Gasteiger partial charge in [-0.25, -0.2) is 4.79 Å². The zero-order valence-corrected chi connectivity index (χ0v) is 5.89. The highest BCUT2D eigenvalue weighted by Gasteiger charge is 2.30. The van der Waals surface area contributed by atoms with Crippen molar-refractivity contribution >= 4 is 5.94 Å². The van der Waals surface area contributed by atoms with Crippen LogP contribution in [0.1, 0.15) is 19.3 Å². The maximum absolute atomic E-state index is 10.3. The van der Waals surface area contributed by atoms with E-state index >= 15 is 0 Å². The van der Waals surface area contributed by atoms with E-state index in [1.165, 1.54) is 6.42 Å². The van der Waals surface area contributed by atoms with Gasteiger partial charge in [0.15, 0.2) is 0 Å². The van der Waals surface area contributed by atoms with Crippen LogP contribution in [-0.4, -0.2) is 18.5 Å². The largest absolute Gasteiger partial charge is 0.313 e. The fraction of sp³-hybridized carbons (Fsp3) is 0.750. The number of carbonyl (C=O) groups excluding carboxylic acids is 1. The summed E-state index contributed by atoms with van der Waals surface area (Å²) in [5.74, 6) is 2.76. The van der Waals surface area contributed by atoms with Crippen molar-refractivity contribution in [3.8, 4) is 0 Å². The molecule has 2 aliphatic rings. The second kappa shape index (κ2) is 2.22. The molecule has 10 heavy (non-hydrogen) atoms. The van der Waals surface area contributed by atoms with Gasteiger partial charge in [-0.15, -0.1) is 0 Å². The molecule has 2 nitrogen and oxygen atoms in total. The third-order valence-electron chi connectivity index (χ3n) is 2.49. The zero-order valence-electron chi connectivity index (χ0n) is 5.89. The van der Waals surface area contributed by atoms with Gasteiger partial charge in [-0.3, -0.25) is 0 Å². The van der Waals surface area contributed by atoms with Crippen molar-refractivity contribution in [1.29, 1.82) is 0 Å². The fourth-order valence-corrected chi connectivity index (χ4v) is 2.03. The summed E-state index contributed by atoms with van der Waals surface area (Å²) in [5, 5.41) is 3.38. The van der Waals surface area contributed by atoms with Crippen LogP contribution in [0.3, 0.4) is 0 Å². The molecule has 2 bridgehead atoms. The first-order valence-electron chi connectivity index (χ1n) is 3.84. The molecule has 1 saturated carbocycles. The lowest BCUT2D eigenvalue weighted by molar-refractivity contribution is 0.481. The molecule has 1 aliphatic heterocycles. The predicted octanol–water partition coefficient (Wildman–Crippen LogP) is 0.516. The third kappa shape index (κ3) is 0.898. The molecule has 1 heterocycles. The van der Waals surface area contributed by atoms with Crippen molar-refractivity contribution in [2.24, 2.45) is 5.92 Å². The van der Waals surface area contributed by atoms with Crippen LogP contribution >= 0.6 is 0 Å². The molecule has 0 aromatic rings. The first-order chi connectivity index (χ1) is 4.88. The van der Waals surface area contributed by atoms with E-state index in [-0.39, 0.29) is 0 Å². The van der Waals surface area contributed by atoms with Crippen LogP contribution in [0.15, 0.2) is 5.57 Å². The second-order valence-corrected chi connectivity index (χ2v) is 3.32. The summed E-state index contributed by atoms with van der Waals surface area (Å²) in [5.41, 5.74) is 0.992. The van der Waals surface area contributed by atoms with Crippen molar-refractivity contribution in [3.63, 3.8) is 0 Å². The summed E-state index contributed by atoms with van der Waals surface area (Å²) < 4.78 is 0. The summed E-state index contributed by atoms with van der Waals surface area (Å²) in [6.07, 6.45) is 3.21. The van der Waals surface area contributed by atoms with E-state index in [4.69, 9.17) is 0 Å². The number of hydrogen-bond acceptors (Lipinski definition) is 2. The van der Waals surface area contributed by atoms with Crippen LogP contribution in [0, 0.1) is 5.92 Å². The van der Waals surface area contributed by atoms with Crippen molar-refractivity contribution in [2.45, 2.75) is 25.3 Å². The molecule has 1 aliphatic carbocycles. The van der Waals surface area contributed by atoms with Gasteiger partial charge >= 0.3 is 0 Å². The Morgan fingerprint density at radius 3 is 3.10 bits per heavy atom. The summed E-state index contributed by atoms with van der Waals surface area (Å²) >= 11 is 0. The maximum atomic E-state index is 10.3. The monoisotopic (exact) mass is 137 g/mol. The zero-order chi connectivity index (χ0) is 6.97. The minimum absolute atomic E-state index is 0.593. The van der Waals surface area contributed by atoms with Crippen LogP contribution in [0.4, 0.5) is 0 Å². The maximum Gasteiger partial charge on any atom is 0.123 e. The van der Waals surface area contributed by atoms with Gasteiger partial charge in [0.25, 0.3) is 0 Å². The molecule has 0 amide bonds. The molecular formula is C8H11NO. The number of nitrogens with one attached hydrogen (secondary N) is 1. The molecule has 54 valence electrons. The molecule has 0 aromatic heterocycles. The predicted molar refractivity (Wildman–Crippen MR) is 38.3 cm³/mol. The minimum Gasteiger partial charge on any atom is -0.313 e. The van der Waals surface area contributed by atoms with Crippen molar-refractivity contribution in [3.05, 3.63) is 5.57 Å². The van der Waals surface area contributed by atoms with Gasteiger partial charge in [0, 0.05) is 11.6 Å². The van der Waals surface area contributed by atoms with Crippen molar-refractivity contribution < 1.29 is 4.79 Å². The Hall–Kier alpha value is -0.590. The highest BCUT2D eigenvalue weighted by atomic mass is 16.1. The highest BCUT2D eigenvalue weighted by molar-refractivity contribution is 5.53. The number of hydrogen-bond donors (Lipinski definition) is 1. The normalized spacial score (nSPS) is 37.8. The SMILES string of the molecule is O=C=C1CC2CNC(C1)C2. The topological polar surface area (TPSA) is 29.1 Å². The molecular weight excluding hydrogens is 126 g/mol. The number of fused-ring (bicyclic) bond motifs is 2. The lowest BCUT2D eigenvalue weighted by atomic mass is 9.87. The van der Waals surface area contributed by atoms with Crippen LogP contribution in [0.5, 0.6) is 0 Å². The summed E-state index contributed by atoms with van der Waals surface area (Å²) in [6.45, 7) is 1.11. The third-order valence-corrected chi connectivity index (χ3v) is 2.49. The highest BCUT2D eigenvalue weighted by Crippen LogP contribution is 2.31. The molecule has 2 heteroatoms. The molecule has 1 saturated heterocycles. The van der Waals surface area contributed by atoms with E-state index in [1.54, 1.807) is 0 Å². The Morgan fingerprint density at radius 2 is 2.40 bits per heavy atom. The molecule has 2 fully saturated rings. The van der Waals surface area contributed by atoms with Gasteiger partial charge in [-0.1, -0.05) is 0 Å². The standard InChI is InChI=1S/C8H11NO/c10-5-7-1-6-2-8(3-7)9-4-6/h6,8-9H,1-4H2. The molecule has 0 spiro atoms. The average Bonchev–Trinajstić information content (AvgIpc) is 2.30. The fourth-order valence-electron chi connectivity index (χ4n) is 2.03. The van der Waals surface area contributed by atoms with Crippen LogP contribution in [-0.2, 0) is 4.79 Å².